The Labute approximate surface area is 113 Å². The predicted octanol–water partition coefficient (Wildman–Crippen LogP) is 2.65. The number of halogens is 1. The Balaban J connectivity index is 2.61. The third kappa shape index (κ3) is 2.03. The normalized spacial score (nSPS) is 10.7. The summed E-state index contributed by atoms with van der Waals surface area (Å²) in [5.74, 6) is -0.353. The highest BCUT2D eigenvalue weighted by molar-refractivity contribution is 9.10. The van der Waals surface area contributed by atoms with E-state index in [9.17, 15) is 4.79 Å². The van der Waals surface area contributed by atoms with Gasteiger partial charge < -0.3 is 5.11 Å². The minimum Gasteiger partial charge on any atom is -0.478 e. The zero-order valence-corrected chi connectivity index (χ0v) is 11.8. The standard InChI is InChI=1S/C12H12BrN3O2/c1-6-4-10(14-5-9(6)13)16-8(3)11(12(17)18)7(2)15-16/h4-5H,1-3H3,(H,17,18). The molecule has 0 bridgehead atoms. The summed E-state index contributed by atoms with van der Waals surface area (Å²) in [6.07, 6.45) is 1.68. The Morgan fingerprint density at radius 2 is 2.06 bits per heavy atom. The second kappa shape index (κ2) is 4.53. The van der Waals surface area contributed by atoms with Gasteiger partial charge in [0.2, 0.25) is 0 Å². The zero-order valence-electron chi connectivity index (χ0n) is 10.2. The van der Waals surface area contributed by atoms with E-state index in [0.717, 1.165) is 10.0 Å². The molecule has 2 aromatic heterocycles. The first-order valence-electron chi connectivity index (χ1n) is 5.34. The second-order valence-corrected chi connectivity index (χ2v) is 4.91. The number of hydrogen-bond donors (Lipinski definition) is 1. The van der Waals surface area contributed by atoms with Crippen LogP contribution in [0.2, 0.25) is 0 Å². The summed E-state index contributed by atoms with van der Waals surface area (Å²) >= 11 is 3.38. The summed E-state index contributed by atoms with van der Waals surface area (Å²) in [4.78, 5) is 15.4. The van der Waals surface area contributed by atoms with Gasteiger partial charge in [0, 0.05) is 10.7 Å². The molecule has 0 aliphatic rings. The van der Waals surface area contributed by atoms with Crippen LogP contribution in [0.3, 0.4) is 0 Å². The Morgan fingerprint density at radius 1 is 1.39 bits per heavy atom. The molecule has 0 aromatic carbocycles. The van der Waals surface area contributed by atoms with Gasteiger partial charge in [0.15, 0.2) is 5.82 Å². The largest absolute Gasteiger partial charge is 0.478 e. The van der Waals surface area contributed by atoms with Gasteiger partial charge in [-0.3, -0.25) is 0 Å². The molecule has 0 atom stereocenters. The van der Waals surface area contributed by atoms with Crippen LogP contribution >= 0.6 is 15.9 Å². The fourth-order valence-electron chi connectivity index (χ4n) is 1.82. The van der Waals surface area contributed by atoms with E-state index in [2.05, 4.69) is 26.0 Å². The van der Waals surface area contributed by atoms with E-state index in [1.54, 1.807) is 24.7 Å². The molecular formula is C12H12BrN3O2. The van der Waals surface area contributed by atoms with Crippen molar-refractivity contribution in [2.45, 2.75) is 20.8 Å². The molecule has 5 nitrogen and oxygen atoms in total. The van der Waals surface area contributed by atoms with Crippen LogP contribution in [0.25, 0.3) is 5.82 Å². The molecule has 2 aromatic rings. The highest BCUT2D eigenvalue weighted by Gasteiger charge is 2.19. The number of aromatic nitrogens is 3. The van der Waals surface area contributed by atoms with Gasteiger partial charge in [-0.05, 0) is 48.3 Å². The van der Waals surface area contributed by atoms with Crippen molar-refractivity contribution >= 4 is 21.9 Å². The first-order chi connectivity index (χ1) is 8.41. The van der Waals surface area contributed by atoms with Crippen molar-refractivity contribution in [2.24, 2.45) is 0 Å². The lowest BCUT2D eigenvalue weighted by atomic mass is 10.2. The van der Waals surface area contributed by atoms with Crippen molar-refractivity contribution < 1.29 is 9.90 Å². The highest BCUT2D eigenvalue weighted by Crippen LogP contribution is 2.20. The molecule has 0 saturated carbocycles. The molecule has 1 N–H and O–H groups in total. The highest BCUT2D eigenvalue weighted by atomic mass is 79.9. The van der Waals surface area contributed by atoms with E-state index >= 15 is 0 Å². The van der Waals surface area contributed by atoms with Crippen molar-refractivity contribution in [1.29, 1.82) is 0 Å². The van der Waals surface area contributed by atoms with Gasteiger partial charge in [0.25, 0.3) is 0 Å². The topological polar surface area (TPSA) is 68.0 Å². The Kier molecular flexibility index (Phi) is 3.21. The number of pyridine rings is 1. The van der Waals surface area contributed by atoms with Gasteiger partial charge in [0.1, 0.15) is 5.56 Å². The summed E-state index contributed by atoms with van der Waals surface area (Å²) in [7, 11) is 0. The number of carboxylic acid groups (broad SMARTS) is 1. The molecule has 2 rings (SSSR count). The fourth-order valence-corrected chi connectivity index (χ4v) is 2.03. The van der Waals surface area contributed by atoms with Gasteiger partial charge in [-0.2, -0.15) is 5.10 Å². The van der Waals surface area contributed by atoms with Crippen LogP contribution in [0, 0.1) is 20.8 Å². The minimum atomic E-state index is -0.968. The number of hydrogen-bond acceptors (Lipinski definition) is 3. The Hall–Kier alpha value is -1.69. The summed E-state index contributed by atoms with van der Waals surface area (Å²) in [5.41, 5.74) is 2.32. The fraction of sp³-hybridized carbons (Fsp3) is 0.250. The van der Waals surface area contributed by atoms with Crippen molar-refractivity contribution in [3.05, 3.63) is 39.3 Å². The monoisotopic (exact) mass is 309 g/mol. The number of aromatic carboxylic acids is 1. The van der Waals surface area contributed by atoms with Crippen LogP contribution in [0.15, 0.2) is 16.7 Å². The van der Waals surface area contributed by atoms with Gasteiger partial charge >= 0.3 is 5.97 Å². The Bertz CT molecular complexity index is 634. The number of carbonyl (C=O) groups is 1. The molecule has 0 spiro atoms. The number of aryl methyl sites for hydroxylation is 2. The first kappa shape index (κ1) is 12.8. The van der Waals surface area contributed by atoms with Crippen LogP contribution in [0.1, 0.15) is 27.3 Å². The summed E-state index contributed by atoms with van der Waals surface area (Å²) in [5, 5.41) is 13.4. The summed E-state index contributed by atoms with van der Waals surface area (Å²) in [6.45, 7) is 5.35. The average molecular weight is 310 g/mol. The predicted molar refractivity (Wildman–Crippen MR) is 70.2 cm³/mol. The first-order valence-corrected chi connectivity index (χ1v) is 6.13. The van der Waals surface area contributed by atoms with Crippen molar-refractivity contribution in [1.82, 2.24) is 14.8 Å². The molecule has 0 fully saturated rings. The summed E-state index contributed by atoms with van der Waals surface area (Å²) in [6, 6.07) is 1.86. The van der Waals surface area contributed by atoms with Gasteiger partial charge in [-0.1, -0.05) is 0 Å². The summed E-state index contributed by atoms with van der Waals surface area (Å²) < 4.78 is 2.46. The molecule has 0 amide bonds. The number of rotatable bonds is 2. The molecule has 0 unspecified atom stereocenters. The molecule has 94 valence electrons. The van der Waals surface area contributed by atoms with Crippen molar-refractivity contribution in [2.75, 3.05) is 0 Å². The van der Waals surface area contributed by atoms with Gasteiger partial charge in [-0.25, -0.2) is 14.5 Å². The van der Waals surface area contributed by atoms with Gasteiger partial charge in [0.05, 0.1) is 11.4 Å². The zero-order chi connectivity index (χ0) is 13.4. The maximum absolute atomic E-state index is 11.1. The molecule has 18 heavy (non-hydrogen) atoms. The molecule has 6 heteroatoms. The maximum atomic E-state index is 11.1. The van der Waals surface area contributed by atoms with Crippen LogP contribution in [-0.2, 0) is 0 Å². The quantitative estimate of drug-likeness (QED) is 0.926. The SMILES string of the molecule is Cc1cc(-n2nc(C)c(C(=O)O)c2C)ncc1Br. The van der Waals surface area contributed by atoms with Crippen molar-refractivity contribution in [3.63, 3.8) is 0 Å². The Morgan fingerprint density at radius 3 is 2.56 bits per heavy atom. The van der Waals surface area contributed by atoms with E-state index in [0.29, 0.717) is 17.2 Å². The molecule has 0 radical (unpaired) electrons. The van der Waals surface area contributed by atoms with Crippen LogP contribution < -0.4 is 0 Å². The minimum absolute atomic E-state index is 0.234. The number of nitrogens with zero attached hydrogens (tertiary/aromatic N) is 3. The third-order valence-corrected chi connectivity index (χ3v) is 3.58. The smallest absolute Gasteiger partial charge is 0.339 e. The second-order valence-electron chi connectivity index (χ2n) is 4.05. The lowest BCUT2D eigenvalue weighted by molar-refractivity contribution is 0.0695. The van der Waals surface area contributed by atoms with E-state index in [1.165, 1.54) is 0 Å². The van der Waals surface area contributed by atoms with Crippen LogP contribution in [0.4, 0.5) is 0 Å². The van der Waals surface area contributed by atoms with E-state index < -0.39 is 5.97 Å². The molecule has 0 saturated heterocycles. The van der Waals surface area contributed by atoms with Crippen LogP contribution in [-0.4, -0.2) is 25.8 Å². The maximum Gasteiger partial charge on any atom is 0.339 e. The molecular weight excluding hydrogens is 298 g/mol. The molecule has 2 heterocycles. The third-order valence-electron chi connectivity index (χ3n) is 2.75. The lowest BCUT2D eigenvalue weighted by Crippen LogP contribution is -2.04. The number of carboxylic acids is 1. The van der Waals surface area contributed by atoms with E-state index in [-0.39, 0.29) is 5.56 Å². The van der Waals surface area contributed by atoms with Gasteiger partial charge in [-0.15, -0.1) is 0 Å². The molecule has 0 aliphatic heterocycles. The van der Waals surface area contributed by atoms with E-state index in [1.807, 2.05) is 13.0 Å². The van der Waals surface area contributed by atoms with Crippen molar-refractivity contribution in [3.8, 4) is 5.82 Å². The molecule has 0 aliphatic carbocycles. The van der Waals surface area contributed by atoms with Crippen LogP contribution in [0.5, 0.6) is 0 Å². The van der Waals surface area contributed by atoms with E-state index in [4.69, 9.17) is 5.11 Å². The lowest BCUT2D eigenvalue weighted by Gasteiger charge is -2.05. The average Bonchev–Trinajstić information content (AvgIpc) is 2.58.